The SMILES string of the molecule is CNc1cccc(C(=O)N(Cc2ccsc2)C2CC2)n1. The van der Waals surface area contributed by atoms with Crippen molar-refractivity contribution < 1.29 is 4.79 Å². The molecule has 2 aromatic rings. The summed E-state index contributed by atoms with van der Waals surface area (Å²) in [7, 11) is 1.81. The van der Waals surface area contributed by atoms with E-state index in [0.717, 1.165) is 18.7 Å². The number of nitrogens with zero attached hydrogens (tertiary/aromatic N) is 2. The van der Waals surface area contributed by atoms with Crippen LogP contribution in [0.15, 0.2) is 35.0 Å². The van der Waals surface area contributed by atoms with Gasteiger partial charge in [-0.1, -0.05) is 6.07 Å². The number of nitrogens with one attached hydrogen (secondary N) is 1. The molecule has 0 bridgehead atoms. The number of thiophene rings is 1. The highest BCUT2D eigenvalue weighted by Gasteiger charge is 2.33. The summed E-state index contributed by atoms with van der Waals surface area (Å²) in [6.07, 6.45) is 2.20. The molecule has 1 aliphatic carbocycles. The minimum atomic E-state index is 0.0239. The average molecular weight is 287 g/mol. The average Bonchev–Trinajstić information content (AvgIpc) is 3.20. The smallest absolute Gasteiger partial charge is 0.273 e. The van der Waals surface area contributed by atoms with Crippen molar-refractivity contribution in [3.8, 4) is 0 Å². The molecule has 0 atom stereocenters. The molecule has 1 N–H and O–H groups in total. The van der Waals surface area contributed by atoms with Gasteiger partial charge in [-0.15, -0.1) is 0 Å². The van der Waals surface area contributed by atoms with Crippen LogP contribution in [-0.4, -0.2) is 28.9 Å². The summed E-state index contributed by atoms with van der Waals surface area (Å²) in [5.41, 5.74) is 1.71. The molecule has 2 heterocycles. The first-order valence-corrected chi connectivity index (χ1v) is 7.69. The molecule has 2 aromatic heterocycles. The van der Waals surface area contributed by atoms with Gasteiger partial charge in [-0.25, -0.2) is 4.98 Å². The molecule has 20 heavy (non-hydrogen) atoms. The van der Waals surface area contributed by atoms with Crippen molar-refractivity contribution >= 4 is 23.1 Å². The van der Waals surface area contributed by atoms with Crippen LogP contribution in [0.2, 0.25) is 0 Å². The fraction of sp³-hybridized carbons (Fsp3) is 0.333. The molecular weight excluding hydrogens is 270 g/mol. The monoisotopic (exact) mass is 287 g/mol. The van der Waals surface area contributed by atoms with Gasteiger partial charge in [0.1, 0.15) is 11.5 Å². The van der Waals surface area contributed by atoms with Crippen LogP contribution in [-0.2, 0) is 6.54 Å². The summed E-state index contributed by atoms with van der Waals surface area (Å²) in [5, 5.41) is 7.12. The number of carbonyl (C=O) groups excluding carboxylic acids is 1. The lowest BCUT2D eigenvalue weighted by molar-refractivity contribution is 0.0724. The van der Waals surface area contributed by atoms with Crippen molar-refractivity contribution in [2.24, 2.45) is 0 Å². The van der Waals surface area contributed by atoms with Gasteiger partial charge in [-0.2, -0.15) is 11.3 Å². The van der Waals surface area contributed by atoms with Crippen LogP contribution in [0, 0.1) is 0 Å². The maximum absolute atomic E-state index is 12.7. The first kappa shape index (κ1) is 13.1. The highest BCUT2D eigenvalue weighted by atomic mass is 32.1. The lowest BCUT2D eigenvalue weighted by Gasteiger charge is -2.21. The summed E-state index contributed by atoms with van der Waals surface area (Å²) in [4.78, 5) is 19.0. The summed E-state index contributed by atoms with van der Waals surface area (Å²) < 4.78 is 0. The zero-order chi connectivity index (χ0) is 13.9. The van der Waals surface area contributed by atoms with Gasteiger partial charge in [-0.05, 0) is 47.4 Å². The number of anilines is 1. The van der Waals surface area contributed by atoms with E-state index < -0.39 is 0 Å². The number of hydrogen-bond donors (Lipinski definition) is 1. The highest BCUT2D eigenvalue weighted by Crippen LogP contribution is 2.30. The number of amides is 1. The standard InChI is InChI=1S/C15H17N3OS/c1-16-14-4-2-3-13(17-14)15(19)18(12-5-6-12)9-11-7-8-20-10-11/h2-4,7-8,10,12H,5-6,9H2,1H3,(H,16,17). The Morgan fingerprint density at radius 1 is 1.45 bits per heavy atom. The van der Waals surface area contributed by atoms with E-state index >= 15 is 0 Å². The molecule has 1 saturated carbocycles. The minimum Gasteiger partial charge on any atom is -0.373 e. The predicted molar refractivity (Wildman–Crippen MR) is 81.0 cm³/mol. The van der Waals surface area contributed by atoms with E-state index in [9.17, 15) is 4.79 Å². The molecule has 0 unspecified atom stereocenters. The van der Waals surface area contributed by atoms with Gasteiger partial charge in [0.2, 0.25) is 0 Å². The summed E-state index contributed by atoms with van der Waals surface area (Å²) in [6.45, 7) is 0.679. The van der Waals surface area contributed by atoms with Crippen molar-refractivity contribution in [2.75, 3.05) is 12.4 Å². The predicted octanol–water partition coefficient (Wildman–Crippen LogP) is 2.99. The molecule has 0 saturated heterocycles. The Morgan fingerprint density at radius 3 is 2.95 bits per heavy atom. The van der Waals surface area contributed by atoms with E-state index in [1.165, 1.54) is 5.56 Å². The third kappa shape index (κ3) is 2.82. The summed E-state index contributed by atoms with van der Waals surface area (Å²) in [5.74, 6) is 0.748. The van der Waals surface area contributed by atoms with Crippen LogP contribution in [0.1, 0.15) is 28.9 Å². The van der Waals surface area contributed by atoms with Crippen LogP contribution in [0.5, 0.6) is 0 Å². The van der Waals surface area contributed by atoms with Crippen LogP contribution in [0.4, 0.5) is 5.82 Å². The maximum Gasteiger partial charge on any atom is 0.273 e. The second-order valence-corrected chi connectivity index (χ2v) is 5.73. The van der Waals surface area contributed by atoms with Crippen LogP contribution in [0.25, 0.3) is 0 Å². The van der Waals surface area contributed by atoms with Crippen LogP contribution in [0.3, 0.4) is 0 Å². The molecule has 4 nitrogen and oxygen atoms in total. The molecule has 5 heteroatoms. The molecule has 104 valence electrons. The van der Waals surface area contributed by atoms with Crippen LogP contribution >= 0.6 is 11.3 Å². The third-order valence-electron chi connectivity index (χ3n) is 3.41. The van der Waals surface area contributed by atoms with Crippen molar-refractivity contribution in [3.05, 3.63) is 46.3 Å². The lowest BCUT2D eigenvalue weighted by Crippen LogP contribution is -2.33. The van der Waals surface area contributed by atoms with Crippen molar-refractivity contribution in [1.29, 1.82) is 0 Å². The number of pyridine rings is 1. The first-order valence-electron chi connectivity index (χ1n) is 6.75. The van der Waals surface area contributed by atoms with E-state index in [4.69, 9.17) is 0 Å². The summed E-state index contributed by atoms with van der Waals surface area (Å²) in [6, 6.07) is 7.96. The zero-order valence-electron chi connectivity index (χ0n) is 11.4. The van der Waals surface area contributed by atoms with Gasteiger partial charge in [0.05, 0.1) is 0 Å². The molecular formula is C15H17N3OS. The van der Waals surface area contributed by atoms with E-state index in [2.05, 4.69) is 21.7 Å². The fourth-order valence-corrected chi connectivity index (χ4v) is 2.83. The summed E-state index contributed by atoms with van der Waals surface area (Å²) >= 11 is 1.66. The Kier molecular flexibility index (Phi) is 3.69. The topological polar surface area (TPSA) is 45.2 Å². The van der Waals surface area contributed by atoms with Crippen LogP contribution < -0.4 is 5.32 Å². The molecule has 1 amide bonds. The van der Waals surface area contributed by atoms with Gasteiger partial charge in [0.25, 0.3) is 5.91 Å². The number of hydrogen-bond acceptors (Lipinski definition) is 4. The Morgan fingerprint density at radius 2 is 2.30 bits per heavy atom. The lowest BCUT2D eigenvalue weighted by atomic mass is 10.2. The first-order chi connectivity index (χ1) is 9.78. The quantitative estimate of drug-likeness (QED) is 0.919. The van der Waals surface area contributed by atoms with E-state index in [1.807, 2.05) is 22.4 Å². The fourth-order valence-electron chi connectivity index (χ4n) is 2.17. The van der Waals surface area contributed by atoms with Crippen molar-refractivity contribution in [2.45, 2.75) is 25.4 Å². The highest BCUT2D eigenvalue weighted by molar-refractivity contribution is 7.07. The number of aromatic nitrogens is 1. The van der Waals surface area contributed by atoms with E-state index in [0.29, 0.717) is 18.3 Å². The van der Waals surface area contributed by atoms with Crippen molar-refractivity contribution in [3.63, 3.8) is 0 Å². The Hall–Kier alpha value is -1.88. The molecule has 0 spiro atoms. The Balaban J connectivity index is 1.81. The Labute approximate surface area is 122 Å². The Bertz CT molecular complexity index is 593. The van der Waals surface area contributed by atoms with E-state index in [1.54, 1.807) is 24.5 Å². The van der Waals surface area contributed by atoms with Crippen molar-refractivity contribution in [1.82, 2.24) is 9.88 Å². The molecule has 1 fully saturated rings. The normalized spacial score (nSPS) is 14.1. The second-order valence-electron chi connectivity index (χ2n) is 4.95. The molecule has 0 radical (unpaired) electrons. The molecule has 0 aromatic carbocycles. The van der Waals surface area contributed by atoms with Gasteiger partial charge >= 0.3 is 0 Å². The number of carbonyl (C=O) groups is 1. The third-order valence-corrected chi connectivity index (χ3v) is 4.14. The number of rotatable bonds is 5. The van der Waals surface area contributed by atoms with E-state index in [-0.39, 0.29) is 5.91 Å². The maximum atomic E-state index is 12.7. The minimum absolute atomic E-state index is 0.0239. The molecule has 1 aliphatic rings. The second kappa shape index (κ2) is 5.63. The van der Waals surface area contributed by atoms with Gasteiger partial charge in [0, 0.05) is 19.6 Å². The largest absolute Gasteiger partial charge is 0.373 e. The molecule has 3 rings (SSSR count). The zero-order valence-corrected chi connectivity index (χ0v) is 12.2. The molecule has 0 aliphatic heterocycles. The van der Waals surface area contributed by atoms with Gasteiger partial charge in [-0.3, -0.25) is 4.79 Å². The van der Waals surface area contributed by atoms with Gasteiger partial charge in [0.15, 0.2) is 0 Å². The van der Waals surface area contributed by atoms with Gasteiger partial charge < -0.3 is 10.2 Å².